The van der Waals surface area contributed by atoms with Gasteiger partial charge in [-0.1, -0.05) is 30.0 Å². The maximum absolute atomic E-state index is 11.5. The number of amides is 1. The first-order chi connectivity index (χ1) is 7.34. The van der Waals surface area contributed by atoms with Gasteiger partial charge < -0.3 is 5.32 Å². The Labute approximate surface area is 96.7 Å². The van der Waals surface area contributed by atoms with Gasteiger partial charge in [-0.25, -0.2) is 0 Å². The molecule has 0 aliphatic carbocycles. The minimum Gasteiger partial charge on any atom is -0.317 e. The molecule has 0 radical (unpaired) electrons. The van der Waals surface area contributed by atoms with Crippen LogP contribution in [0.3, 0.4) is 0 Å². The number of carbonyl (C=O) groups excluding carboxylic acids is 1. The zero-order chi connectivity index (χ0) is 10.5. The molecular weight excluding hydrogens is 228 g/mol. The quantitative estimate of drug-likeness (QED) is 0.817. The number of carbonyl (C=O) groups is 1. The Morgan fingerprint density at radius 1 is 1.40 bits per heavy atom. The monoisotopic (exact) mass is 238 g/mol. The van der Waals surface area contributed by atoms with E-state index in [0.29, 0.717) is 0 Å². The highest BCUT2D eigenvalue weighted by Crippen LogP contribution is 2.23. The van der Waals surface area contributed by atoms with Crippen molar-refractivity contribution < 1.29 is 4.79 Å². The van der Waals surface area contributed by atoms with Crippen molar-refractivity contribution in [3.05, 3.63) is 30.3 Å². The number of aliphatic imine (C=N–C) groups is 1. The standard InChI is InChI=1S/C10H10N2OS2/c13-9(15-10-11-6-7-14-10)12-8-4-2-1-3-5-8/h1-5H,6-7H2,(H,12,13). The van der Waals surface area contributed by atoms with Crippen molar-refractivity contribution in [2.75, 3.05) is 17.6 Å². The maximum Gasteiger partial charge on any atom is 0.290 e. The average Bonchev–Trinajstić information content (AvgIpc) is 2.71. The summed E-state index contributed by atoms with van der Waals surface area (Å²) in [6.07, 6.45) is 0. The molecule has 0 bridgehead atoms. The lowest BCUT2D eigenvalue weighted by Crippen LogP contribution is -2.06. The molecule has 15 heavy (non-hydrogen) atoms. The summed E-state index contributed by atoms with van der Waals surface area (Å²) in [5.74, 6) is 0.987. The number of hydrogen-bond donors (Lipinski definition) is 1. The number of thioether (sulfide) groups is 2. The van der Waals surface area contributed by atoms with Gasteiger partial charge in [0.25, 0.3) is 5.24 Å². The van der Waals surface area contributed by atoms with Crippen LogP contribution in [0.1, 0.15) is 0 Å². The third kappa shape index (κ3) is 3.28. The second-order valence-electron chi connectivity index (χ2n) is 2.88. The van der Waals surface area contributed by atoms with Crippen LogP contribution in [0, 0.1) is 0 Å². The van der Waals surface area contributed by atoms with Crippen LogP contribution >= 0.6 is 23.5 Å². The van der Waals surface area contributed by atoms with Crippen molar-refractivity contribution in [3.8, 4) is 0 Å². The van der Waals surface area contributed by atoms with E-state index < -0.39 is 0 Å². The van der Waals surface area contributed by atoms with Crippen LogP contribution in [0.25, 0.3) is 0 Å². The van der Waals surface area contributed by atoms with Crippen LogP contribution in [0.2, 0.25) is 0 Å². The lowest BCUT2D eigenvalue weighted by molar-refractivity contribution is 0.270. The second-order valence-corrected chi connectivity index (χ2v) is 5.18. The summed E-state index contributed by atoms with van der Waals surface area (Å²) in [7, 11) is 0. The third-order valence-electron chi connectivity index (χ3n) is 1.76. The van der Waals surface area contributed by atoms with Crippen LogP contribution in [0.15, 0.2) is 35.3 Å². The van der Waals surface area contributed by atoms with Crippen LogP contribution in [0.5, 0.6) is 0 Å². The lowest BCUT2D eigenvalue weighted by atomic mass is 10.3. The van der Waals surface area contributed by atoms with E-state index in [2.05, 4.69) is 10.3 Å². The van der Waals surface area contributed by atoms with E-state index in [1.165, 1.54) is 0 Å². The van der Waals surface area contributed by atoms with Crippen molar-refractivity contribution >= 4 is 38.8 Å². The smallest absolute Gasteiger partial charge is 0.290 e. The molecule has 0 atom stereocenters. The summed E-state index contributed by atoms with van der Waals surface area (Å²) >= 11 is 2.80. The number of rotatable bonds is 1. The fourth-order valence-corrected chi connectivity index (χ4v) is 2.86. The summed E-state index contributed by atoms with van der Waals surface area (Å²) in [5.41, 5.74) is 0.818. The molecule has 1 aromatic carbocycles. The minimum absolute atomic E-state index is 0.0747. The Balaban J connectivity index is 1.87. The normalized spacial score (nSPS) is 14.8. The maximum atomic E-state index is 11.5. The molecule has 1 N–H and O–H groups in total. The Kier molecular flexibility index (Phi) is 3.69. The number of nitrogens with one attached hydrogen (secondary N) is 1. The molecule has 0 fully saturated rings. The number of para-hydroxylation sites is 1. The predicted octanol–water partition coefficient (Wildman–Crippen LogP) is 3.05. The SMILES string of the molecule is O=C(Nc1ccccc1)SC1=NCCS1. The number of anilines is 1. The van der Waals surface area contributed by atoms with E-state index in [-0.39, 0.29) is 5.24 Å². The fraction of sp³-hybridized carbons (Fsp3) is 0.200. The van der Waals surface area contributed by atoms with Crippen LogP contribution in [0.4, 0.5) is 10.5 Å². The van der Waals surface area contributed by atoms with E-state index in [1.807, 2.05) is 30.3 Å². The van der Waals surface area contributed by atoms with Gasteiger partial charge in [0, 0.05) is 11.4 Å². The van der Waals surface area contributed by atoms with Crippen LogP contribution in [-0.2, 0) is 0 Å². The van der Waals surface area contributed by atoms with Gasteiger partial charge in [0.2, 0.25) is 0 Å². The zero-order valence-corrected chi connectivity index (χ0v) is 9.61. The molecule has 0 saturated carbocycles. The van der Waals surface area contributed by atoms with Crippen LogP contribution < -0.4 is 5.32 Å². The van der Waals surface area contributed by atoms with Gasteiger partial charge in [-0.15, -0.1) is 0 Å². The first kappa shape index (κ1) is 10.6. The van der Waals surface area contributed by atoms with Crippen molar-refractivity contribution in [2.24, 2.45) is 4.99 Å². The molecule has 0 spiro atoms. The van der Waals surface area contributed by atoms with E-state index >= 15 is 0 Å². The topological polar surface area (TPSA) is 41.5 Å². The van der Waals surface area contributed by atoms with Gasteiger partial charge in [-0.3, -0.25) is 9.79 Å². The number of benzene rings is 1. The van der Waals surface area contributed by atoms with Gasteiger partial charge in [0.15, 0.2) is 0 Å². The van der Waals surface area contributed by atoms with E-state index in [0.717, 1.165) is 34.1 Å². The van der Waals surface area contributed by atoms with Gasteiger partial charge in [0.1, 0.15) is 4.38 Å². The molecule has 0 aromatic heterocycles. The Morgan fingerprint density at radius 2 is 2.20 bits per heavy atom. The summed E-state index contributed by atoms with van der Waals surface area (Å²) in [4.78, 5) is 15.7. The first-order valence-electron chi connectivity index (χ1n) is 4.56. The van der Waals surface area contributed by atoms with Gasteiger partial charge in [-0.2, -0.15) is 0 Å². The van der Waals surface area contributed by atoms with Gasteiger partial charge >= 0.3 is 0 Å². The van der Waals surface area contributed by atoms with Crippen LogP contribution in [-0.4, -0.2) is 21.9 Å². The van der Waals surface area contributed by atoms with Gasteiger partial charge in [-0.05, 0) is 23.9 Å². The molecule has 78 valence electrons. The second kappa shape index (κ2) is 5.23. The van der Waals surface area contributed by atoms with Gasteiger partial charge in [0.05, 0.1) is 6.54 Å². The lowest BCUT2D eigenvalue weighted by Gasteiger charge is -2.02. The average molecular weight is 238 g/mol. The molecule has 1 aliphatic heterocycles. The Morgan fingerprint density at radius 3 is 2.87 bits per heavy atom. The molecule has 2 rings (SSSR count). The van der Waals surface area contributed by atoms with Crippen molar-refractivity contribution in [1.29, 1.82) is 0 Å². The Hall–Kier alpha value is -0.940. The molecule has 1 aliphatic rings. The highest BCUT2D eigenvalue weighted by molar-refractivity contribution is 8.45. The van der Waals surface area contributed by atoms with E-state index in [9.17, 15) is 4.79 Å². The highest BCUT2D eigenvalue weighted by Gasteiger charge is 2.12. The van der Waals surface area contributed by atoms with Crippen molar-refractivity contribution in [3.63, 3.8) is 0 Å². The molecule has 5 heteroatoms. The summed E-state index contributed by atoms with van der Waals surface area (Å²) in [6, 6.07) is 9.42. The molecular formula is C10H10N2OS2. The number of hydrogen-bond acceptors (Lipinski definition) is 4. The zero-order valence-electron chi connectivity index (χ0n) is 7.97. The minimum atomic E-state index is -0.0747. The molecule has 3 nitrogen and oxygen atoms in total. The number of nitrogens with zero attached hydrogens (tertiary/aromatic N) is 1. The molecule has 0 unspecified atom stereocenters. The molecule has 0 saturated heterocycles. The molecule has 1 heterocycles. The molecule has 1 amide bonds. The van der Waals surface area contributed by atoms with Crippen molar-refractivity contribution in [1.82, 2.24) is 0 Å². The summed E-state index contributed by atoms with van der Waals surface area (Å²) in [6.45, 7) is 0.825. The molecule has 1 aromatic rings. The summed E-state index contributed by atoms with van der Waals surface area (Å²) in [5, 5.41) is 2.72. The predicted molar refractivity (Wildman–Crippen MR) is 67.8 cm³/mol. The highest BCUT2D eigenvalue weighted by atomic mass is 32.2. The summed E-state index contributed by atoms with van der Waals surface area (Å²) < 4.78 is 0.864. The van der Waals surface area contributed by atoms with Crippen molar-refractivity contribution in [2.45, 2.75) is 0 Å². The third-order valence-corrected chi connectivity index (χ3v) is 3.72. The van der Waals surface area contributed by atoms with E-state index in [1.54, 1.807) is 11.8 Å². The fourth-order valence-electron chi connectivity index (χ4n) is 1.12. The van der Waals surface area contributed by atoms with E-state index in [4.69, 9.17) is 0 Å². The first-order valence-corrected chi connectivity index (χ1v) is 6.36. The Bertz CT molecular complexity index is 378. The largest absolute Gasteiger partial charge is 0.317 e.